The van der Waals surface area contributed by atoms with Crippen molar-refractivity contribution in [2.75, 3.05) is 0 Å². The Bertz CT molecular complexity index is 654. The Balaban J connectivity index is 2.33. The number of Topliss-reactive ketones (excluding diaryl/α,β-unsaturated/α-hetero) is 1. The Morgan fingerprint density at radius 3 is 2.10 bits per heavy atom. The smallest absolute Gasteiger partial charge is 0.167 e. The highest BCUT2D eigenvalue weighted by atomic mass is 19.1. The van der Waals surface area contributed by atoms with E-state index in [4.69, 9.17) is 0 Å². The van der Waals surface area contributed by atoms with Gasteiger partial charge in [0.1, 0.15) is 17.5 Å². The van der Waals surface area contributed by atoms with E-state index in [2.05, 4.69) is 0 Å². The summed E-state index contributed by atoms with van der Waals surface area (Å²) in [5, 5.41) is 0. The summed E-state index contributed by atoms with van der Waals surface area (Å²) in [6.45, 7) is 3.26. The predicted molar refractivity (Wildman–Crippen MR) is 70.3 cm³/mol. The highest BCUT2D eigenvalue weighted by molar-refractivity contribution is 6.00. The first kappa shape index (κ1) is 14.3. The van der Waals surface area contributed by atoms with Gasteiger partial charge in [-0.3, -0.25) is 4.79 Å². The lowest BCUT2D eigenvalue weighted by Gasteiger charge is -2.09. The Kier molecular flexibility index (Phi) is 3.93. The van der Waals surface area contributed by atoms with Gasteiger partial charge in [0.2, 0.25) is 0 Å². The highest BCUT2D eigenvalue weighted by Crippen LogP contribution is 2.19. The molecule has 1 nitrogen and oxygen atoms in total. The van der Waals surface area contributed by atoms with Crippen molar-refractivity contribution in [1.29, 1.82) is 0 Å². The summed E-state index contributed by atoms with van der Waals surface area (Å²) >= 11 is 0. The number of aryl methyl sites for hydroxylation is 2. The Hall–Kier alpha value is -2.10. The minimum absolute atomic E-state index is 0.125. The second-order valence-corrected chi connectivity index (χ2v) is 4.75. The molecule has 2 aromatic carbocycles. The fraction of sp³-hybridized carbons (Fsp3) is 0.188. The summed E-state index contributed by atoms with van der Waals surface area (Å²) in [7, 11) is 0. The Labute approximate surface area is 115 Å². The third-order valence-corrected chi connectivity index (χ3v) is 3.14. The van der Waals surface area contributed by atoms with E-state index in [1.807, 2.05) is 0 Å². The lowest BCUT2D eigenvalue weighted by atomic mass is 9.95. The molecule has 2 rings (SSSR count). The topological polar surface area (TPSA) is 17.1 Å². The fourth-order valence-corrected chi connectivity index (χ4v) is 2.28. The molecular formula is C16H13F3O. The molecule has 0 aromatic heterocycles. The zero-order valence-electron chi connectivity index (χ0n) is 11.1. The molecule has 0 unspecified atom stereocenters. The van der Waals surface area contributed by atoms with Gasteiger partial charge in [-0.25, -0.2) is 13.2 Å². The van der Waals surface area contributed by atoms with Gasteiger partial charge < -0.3 is 0 Å². The number of hydrogen-bond acceptors (Lipinski definition) is 1. The van der Waals surface area contributed by atoms with Gasteiger partial charge in [0, 0.05) is 18.1 Å². The maximum Gasteiger partial charge on any atom is 0.167 e. The van der Waals surface area contributed by atoms with E-state index in [0.717, 1.165) is 12.1 Å². The Morgan fingerprint density at radius 2 is 1.55 bits per heavy atom. The van der Waals surface area contributed by atoms with Gasteiger partial charge in [0.25, 0.3) is 0 Å². The molecule has 0 N–H and O–H groups in total. The van der Waals surface area contributed by atoms with E-state index >= 15 is 0 Å². The van der Waals surface area contributed by atoms with Gasteiger partial charge in [-0.05, 0) is 48.7 Å². The quantitative estimate of drug-likeness (QED) is 0.771. The molecule has 0 bridgehead atoms. The van der Waals surface area contributed by atoms with E-state index in [9.17, 15) is 18.0 Å². The summed E-state index contributed by atoms with van der Waals surface area (Å²) in [5.41, 5.74) is 1.53. The molecule has 104 valence electrons. The SMILES string of the molecule is Cc1cc(F)cc(C)c1C(=O)Cc1ccc(F)cc1F. The highest BCUT2D eigenvalue weighted by Gasteiger charge is 2.16. The van der Waals surface area contributed by atoms with Crippen LogP contribution in [0, 0.1) is 31.3 Å². The number of rotatable bonds is 3. The van der Waals surface area contributed by atoms with Crippen molar-refractivity contribution in [3.05, 3.63) is 70.0 Å². The lowest BCUT2D eigenvalue weighted by Crippen LogP contribution is -2.09. The van der Waals surface area contributed by atoms with Crippen LogP contribution in [0.2, 0.25) is 0 Å². The van der Waals surface area contributed by atoms with Crippen molar-refractivity contribution in [1.82, 2.24) is 0 Å². The van der Waals surface area contributed by atoms with E-state index in [1.165, 1.54) is 18.2 Å². The predicted octanol–water partition coefficient (Wildman–Crippen LogP) is 4.15. The van der Waals surface area contributed by atoms with Crippen molar-refractivity contribution in [2.24, 2.45) is 0 Å². The monoisotopic (exact) mass is 278 g/mol. The molecule has 4 heteroatoms. The molecule has 0 aliphatic rings. The first-order valence-electron chi connectivity index (χ1n) is 6.12. The standard InChI is InChI=1S/C16H13F3O/c1-9-5-13(18)6-10(2)16(9)15(20)7-11-3-4-12(17)8-14(11)19/h3-6,8H,7H2,1-2H3. The molecule has 2 aromatic rings. The molecule has 0 saturated heterocycles. The van der Waals surface area contributed by atoms with Crippen LogP contribution in [0.15, 0.2) is 30.3 Å². The zero-order valence-corrected chi connectivity index (χ0v) is 11.1. The van der Waals surface area contributed by atoms with Crippen LogP contribution in [0.25, 0.3) is 0 Å². The van der Waals surface area contributed by atoms with Gasteiger partial charge in [-0.1, -0.05) is 6.07 Å². The largest absolute Gasteiger partial charge is 0.294 e. The zero-order chi connectivity index (χ0) is 14.9. The number of carbonyl (C=O) groups excluding carboxylic acids is 1. The average Bonchev–Trinajstić information content (AvgIpc) is 2.31. The number of halogens is 3. The number of hydrogen-bond donors (Lipinski definition) is 0. The van der Waals surface area contributed by atoms with Crippen LogP contribution < -0.4 is 0 Å². The summed E-state index contributed by atoms with van der Waals surface area (Å²) in [6.07, 6.45) is -0.181. The molecule has 0 spiro atoms. The lowest BCUT2D eigenvalue weighted by molar-refractivity contribution is 0.0990. The Morgan fingerprint density at radius 1 is 0.950 bits per heavy atom. The van der Waals surface area contributed by atoms with Crippen molar-refractivity contribution < 1.29 is 18.0 Å². The molecular weight excluding hydrogens is 265 g/mol. The van der Waals surface area contributed by atoms with E-state index in [1.54, 1.807) is 13.8 Å². The summed E-state index contributed by atoms with van der Waals surface area (Å²) < 4.78 is 39.5. The molecule has 0 aliphatic carbocycles. The second kappa shape index (κ2) is 5.49. The van der Waals surface area contributed by atoms with Crippen LogP contribution >= 0.6 is 0 Å². The maximum atomic E-state index is 13.5. The molecule has 20 heavy (non-hydrogen) atoms. The summed E-state index contributed by atoms with van der Waals surface area (Å²) in [6, 6.07) is 5.63. The average molecular weight is 278 g/mol. The number of ketones is 1. The van der Waals surface area contributed by atoms with Crippen molar-refractivity contribution >= 4 is 5.78 Å². The van der Waals surface area contributed by atoms with Gasteiger partial charge in [0.05, 0.1) is 0 Å². The first-order chi connectivity index (χ1) is 9.38. The van der Waals surface area contributed by atoms with E-state index in [0.29, 0.717) is 16.7 Å². The van der Waals surface area contributed by atoms with Crippen molar-refractivity contribution in [2.45, 2.75) is 20.3 Å². The van der Waals surface area contributed by atoms with Gasteiger partial charge >= 0.3 is 0 Å². The first-order valence-corrected chi connectivity index (χ1v) is 6.12. The van der Waals surface area contributed by atoms with Crippen LogP contribution in [0.5, 0.6) is 0 Å². The fourth-order valence-electron chi connectivity index (χ4n) is 2.28. The molecule has 0 radical (unpaired) electrons. The molecule has 0 atom stereocenters. The van der Waals surface area contributed by atoms with E-state index in [-0.39, 0.29) is 17.8 Å². The number of carbonyl (C=O) groups is 1. The minimum Gasteiger partial charge on any atom is -0.294 e. The van der Waals surface area contributed by atoms with Crippen LogP contribution in [0.3, 0.4) is 0 Å². The van der Waals surface area contributed by atoms with Crippen LogP contribution in [-0.4, -0.2) is 5.78 Å². The molecule has 0 heterocycles. The van der Waals surface area contributed by atoms with Crippen LogP contribution in [-0.2, 0) is 6.42 Å². The second-order valence-electron chi connectivity index (χ2n) is 4.75. The minimum atomic E-state index is -0.754. The van der Waals surface area contributed by atoms with Crippen LogP contribution in [0.1, 0.15) is 27.0 Å². The molecule has 0 amide bonds. The normalized spacial score (nSPS) is 10.7. The van der Waals surface area contributed by atoms with Gasteiger partial charge in [-0.15, -0.1) is 0 Å². The van der Waals surface area contributed by atoms with Crippen LogP contribution in [0.4, 0.5) is 13.2 Å². The maximum absolute atomic E-state index is 13.5. The number of benzene rings is 2. The molecule has 0 saturated carbocycles. The van der Waals surface area contributed by atoms with E-state index < -0.39 is 17.5 Å². The van der Waals surface area contributed by atoms with Gasteiger partial charge in [0.15, 0.2) is 5.78 Å². The summed E-state index contributed by atoms with van der Waals surface area (Å²) in [5.74, 6) is -2.17. The molecule has 0 aliphatic heterocycles. The molecule has 0 fully saturated rings. The van der Waals surface area contributed by atoms with Crippen molar-refractivity contribution in [3.63, 3.8) is 0 Å². The van der Waals surface area contributed by atoms with Gasteiger partial charge in [-0.2, -0.15) is 0 Å². The summed E-state index contributed by atoms with van der Waals surface area (Å²) in [4.78, 5) is 12.2. The third-order valence-electron chi connectivity index (χ3n) is 3.14. The van der Waals surface area contributed by atoms with Crippen molar-refractivity contribution in [3.8, 4) is 0 Å². The third kappa shape index (κ3) is 2.90.